The van der Waals surface area contributed by atoms with Crippen LogP contribution in [0, 0.1) is 5.92 Å². The predicted molar refractivity (Wildman–Crippen MR) is 155 cm³/mol. The van der Waals surface area contributed by atoms with Crippen LogP contribution in [0.1, 0.15) is 54.2 Å². The zero-order valence-electron chi connectivity index (χ0n) is 23.8. The molecule has 41 heavy (non-hydrogen) atoms. The summed E-state index contributed by atoms with van der Waals surface area (Å²) >= 11 is 0. The summed E-state index contributed by atoms with van der Waals surface area (Å²) in [5.74, 6) is 0.853. The summed E-state index contributed by atoms with van der Waals surface area (Å²) in [5, 5.41) is 1.23. The summed E-state index contributed by atoms with van der Waals surface area (Å²) in [6.07, 6.45) is 5.57. The smallest absolute Gasteiger partial charge is 0.309 e. The Kier molecular flexibility index (Phi) is 9.36. The Morgan fingerprint density at radius 3 is 2.59 bits per heavy atom. The summed E-state index contributed by atoms with van der Waals surface area (Å²) in [6, 6.07) is 16.4. The van der Waals surface area contributed by atoms with Gasteiger partial charge < -0.3 is 23.8 Å². The van der Waals surface area contributed by atoms with E-state index in [-0.39, 0.29) is 17.8 Å². The van der Waals surface area contributed by atoms with Gasteiger partial charge in [-0.3, -0.25) is 14.5 Å². The molecule has 0 saturated carbocycles. The van der Waals surface area contributed by atoms with Gasteiger partial charge in [-0.25, -0.2) is 4.98 Å². The quantitative estimate of drug-likeness (QED) is 0.238. The van der Waals surface area contributed by atoms with Crippen molar-refractivity contribution in [3.05, 3.63) is 83.7 Å². The number of oxazole rings is 1. The number of hydrogen-bond donors (Lipinski definition) is 1. The van der Waals surface area contributed by atoms with E-state index in [9.17, 15) is 9.59 Å². The van der Waals surface area contributed by atoms with Crippen LogP contribution in [0.2, 0.25) is 0 Å². The number of nitrogens with one attached hydrogen (secondary N) is 1. The highest BCUT2D eigenvalue weighted by molar-refractivity contribution is 5.92. The largest absolute Gasteiger partial charge is 0.494 e. The number of H-pyrrole nitrogens is 1. The Morgan fingerprint density at radius 2 is 1.83 bits per heavy atom. The summed E-state index contributed by atoms with van der Waals surface area (Å²) in [7, 11) is 0. The lowest BCUT2D eigenvalue weighted by Crippen LogP contribution is -2.40. The lowest BCUT2D eigenvalue weighted by molar-refractivity contribution is -0.149. The molecule has 2 aromatic carbocycles. The van der Waals surface area contributed by atoms with Crippen LogP contribution in [0.15, 0.2) is 65.4 Å². The first-order valence-corrected chi connectivity index (χ1v) is 14.4. The molecular formula is C32H38N4O5. The first-order valence-electron chi connectivity index (χ1n) is 14.4. The predicted octanol–water partition coefficient (Wildman–Crippen LogP) is 5.21. The maximum Gasteiger partial charge on any atom is 0.309 e. The van der Waals surface area contributed by atoms with Gasteiger partial charge in [0, 0.05) is 43.3 Å². The number of benzene rings is 2. The van der Waals surface area contributed by atoms with Crippen molar-refractivity contribution in [2.45, 2.75) is 46.2 Å². The average molecular weight is 559 g/mol. The van der Waals surface area contributed by atoms with Gasteiger partial charge in [0.15, 0.2) is 5.69 Å². The molecule has 1 aliphatic rings. The molecule has 9 nitrogen and oxygen atoms in total. The molecule has 0 radical (unpaired) electrons. The number of carbonyl (C=O) groups excluding carboxylic acids is 2. The third-order valence-corrected chi connectivity index (χ3v) is 7.54. The van der Waals surface area contributed by atoms with Crippen LogP contribution in [-0.4, -0.2) is 64.5 Å². The van der Waals surface area contributed by atoms with Gasteiger partial charge in [0.1, 0.15) is 12.0 Å². The van der Waals surface area contributed by atoms with Crippen LogP contribution in [0.5, 0.6) is 5.75 Å². The van der Waals surface area contributed by atoms with E-state index >= 15 is 0 Å². The summed E-state index contributed by atoms with van der Waals surface area (Å²) in [6.45, 7) is 7.72. The normalized spacial score (nSPS) is 14.1. The fourth-order valence-electron chi connectivity index (χ4n) is 5.36. The number of fused-ring (bicyclic) bond motifs is 1. The number of amides is 1. The molecule has 9 heteroatoms. The highest BCUT2D eigenvalue weighted by atomic mass is 16.5. The third-order valence-electron chi connectivity index (χ3n) is 7.54. The minimum absolute atomic E-state index is 0.153. The molecule has 0 unspecified atom stereocenters. The number of piperidine rings is 1. The van der Waals surface area contributed by atoms with Gasteiger partial charge in [0.25, 0.3) is 5.91 Å². The minimum atomic E-state index is -0.177. The van der Waals surface area contributed by atoms with Crippen molar-refractivity contribution in [1.82, 2.24) is 19.8 Å². The van der Waals surface area contributed by atoms with Crippen LogP contribution >= 0.6 is 0 Å². The number of esters is 1. The van der Waals surface area contributed by atoms with Crippen LogP contribution in [-0.2, 0) is 29.0 Å². The Hall–Kier alpha value is -4.11. The van der Waals surface area contributed by atoms with Crippen molar-refractivity contribution in [2.24, 2.45) is 5.92 Å². The first kappa shape index (κ1) is 28.4. The lowest BCUT2D eigenvalue weighted by atomic mass is 9.97. The van der Waals surface area contributed by atoms with Gasteiger partial charge in [-0.15, -0.1) is 0 Å². The molecular weight excluding hydrogens is 520 g/mol. The topological polar surface area (TPSA) is 101 Å². The molecule has 0 atom stereocenters. The van der Waals surface area contributed by atoms with E-state index in [1.807, 2.05) is 25.1 Å². The van der Waals surface area contributed by atoms with E-state index < -0.39 is 0 Å². The van der Waals surface area contributed by atoms with E-state index in [1.165, 1.54) is 17.2 Å². The van der Waals surface area contributed by atoms with E-state index in [2.05, 4.69) is 51.4 Å². The van der Waals surface area contributed by atoms with E-state index in [0.29, 0.717) is 63.8 Å². The van der Waals surface area contributed by atoms with Crippen molar-refractivity contribution < 1.29 is 23.5 Å². The lowest BCUT2D eigenvalue weighted by Gasteiger charge is -2.30. The fraction of sp³-hybridized carbons (Fsp3) is 0.406. The Morgan fingerprint density at radius 1 is 1.05 bits per heavy atom. The molecule has 216 valence electrons. The highest BCUT2D eigenvalue weighted by Crippen LogP contribution is 2.22. The number of likely N-dealkylation sites (tertiary alicyclic amines) is 1. The fourth-order valence-corrected chi connectivity index (χ4v) is 5.36. The molecule has 0 spiro atoms. The van der Waals surface area contributed by atoms with Gasteiger partial charge in [-0.05, 0) is 62.4 Å². The van der Waals surface area contributed by atoms with Crippen LogP contribution < -0.4 is 4.74 Å². The Balaban J connectivity index is 1.25. The van der Waals surface area contributed by atoms with Crippen LogP contribution in [0.25, 0.3) is 10.9 Å². The monoisotopic (exact) mass is 558 g/mol. The van der Waals surface area contributed by atoms with E-state index in [1.54, 1.807) is 11.8 Å². The molecule has 0 bridgehead atoms. The number of rotatable bonds is 12. The van der Waals surface area contributed by atoms with Crippen molar-refractivity contribution in [3.63, 3.8) is 0 Å². The first-order chi connectivity index (χ1) is 20.0. The second-order valence-electron chi connectivity index (χ2n) is 10.3. The SMILES string of the molecule is CCOC(=O)C1CCN(C(=O)c2coc(CN(CCc3c[nH]c4ccccc34)Cc3ccc(OCC)cc3)n2)CC1. The van der Waals surface area contributed by atoms with Gasteiger partial charge >= 0.3 is 5.97 Å². The number of aromatic nitrogens is 2. The van der Waals surface area contributed by atoms with Crippen molar-refractivity contribution in [1.29, 1.82) is 0 Å². The number of hydrogen-bond acceptors (Lipinski definition) is 7. The van der Waals surface area contributed by atoms with Gasteiger partial charge in [0.2, 0.25) is 5.89 Å². The number of aromatic amines is 1. The van der Waals surface area contributed by atoms with Crippen LogP contribution in [0.3, 0.4) is 0 Å². The molecule has 1 aliphatic heterocycles. The number of carbonyl (C=O) groups is 2. The van der Waals surface area contributed by atoms with Crippen molar-refractivity contribution >= 4 is 22.8 Å². The summed E-state index contributed by atoms with van der Waals surface area (Å²) < 4.78 is 16.5. The number of para-hydroxylation sites is 1. The molecule has 3 heterocycles. The highest BCUT2D eigenvalue weighted by Gasteiger charge is 2.30. The minimum Gasteiger partial charge on any atom is -0.494 e. The molecule has 5 rings (SSSR count). The molecule has 2 aromatic heterocycles. The summed E-state index contributed by atoms with van der Waals surface area (Å²) in [5.41, 5.74) is 3.83. The third kappa shape index (κ3) is 7.16. The summed E-state index contributed by atoms with van der Waals surface area (Å²) in [4.78, 5) is 37.1. The van der Waals surface area contributed by atoms with Crippen LogP contribution in [0.4, 0.5) is 0 Å². The molecule has 1 N–H and O–H groups in total. The molecule has 1 saturated heterocycles. The van der Waals surface area contributed by atoms with Crippen molar-refractivity contribution in [3.8, 4) is 5.75 Å². The van der Waals surface area contributed by atoms with Gasteiger partial charge in [0.05, 0.1) is 25.7 Å². The Labute approximate surface area is 240 Å². The number of nitrogens with zero attached hydrogens (tertiary/aromatic N) is 3. The second-order valence-corrected chi connectivity index (χ2v) is 10.3. The Bertz CT molecular complexity index is 1440. The molecule has 4 aromatic rings. The van der Waals surface area contributed by atoms with Gasteiger partial charge in [-0.2, -0.15) is 0 Å². The molecule has 1 amide bonds. The zero-order chi connectivity index (χ0) is 28.6. The molecule has 1 fully saturated rings. The standard InChI is InChI=1S/C32H38N4O5/c1-3-39-26-11-9-23(10-12-26)20-35(16-13-25-19-33-28-8-6-5-7-27(25)28)21-30-34-29(22-41-30)31(37)36-17-14-24(15-18-36)32(38)40-4-2/h5-12,19,22,24,33H,3-4,13-18,20-21H2,1-2H3. The van der Waals surface area contributed by atoms with Crippen molar-refractivity contribution in [2.75, 3.05) is 32.8 Å². The zero-order valence-corrected chi connectivity index (χ0v) is 23.8. The van der Waals surface area contributed by atoms with E-state index in [4.69, 9.17) is 13.9 Å². The van der Waals surface area contributed by atoms with E-state index in [0.717, 1.165) is 29.8 Å². The maximum absolute atomic E-state index is 13.1. The number of ether oxygens (including phenoxy) is 2. The maximum atomic E-state index is 13.1. The second kappa shape index (κ2) is 13.5. The molecule has 0 aliphatic carbocycles. The van der Waals surface area contributed by atoms with Gasteiger partial charge in [-0.1, -0.05) is 30.3 Å². The average Bonchev–Trinajstić information content (AvgIpc) is 3.64.